The fourth-order valence-electron chi connectivity index (χ4n) is 1.62. The number of hydrogen-bond donors (Lipinski definition) is 2. The SMILES string of the molecule is COCCOCC(=O)NC(C)c1ccc(S(N)(=O)=O)cc1. The average Bonchev–Trinajstić information content (AvgIpc) is 2.43. The molecule has 3 N–H and O–H groups in total. The maximum atomic E-state index is 11.6. The molecule has 0 heterocycles. The molecular formula is C13H20N2O5S. The van der Waals surface area contributed by atoms with Gasteiger partial charge in [-0.05, 0) is 24.6 Å². The number of nitrogens with one attached hydrogen (secondary N) is 1. The molecule has 1 amide bonds. The molecule has 0 saturated heterocycles. The third kappa shape index (κ3) is 6.21. The first-order valence-electron chi connectivity index (χ1n) is 6.33. The lowest BCUT2D eigenvalue weighted by Gasteiger charge is -2.14. The Balaban J connectivity index is 2.52. The second kappa shape index (κ2) is 8.08. The van der Waals surface area contributed by atoms with Gasteiger partial charge in [-0.25, -0.2) is 13.6 Å². The van der Waals surface area contributed by atoms with Gasteiger partial charge in [0.1, 0.15) is 6.61 Å². The minimum atomic E-state index is -3.71. The van der Waals surface area contributed by atoms with Crippen LogP contribution in [0, 0.1) is 0 Å². The zero-order valence-corrected chi connectivity index (χ0v) is 12.9. The topological polar surface area (TPSA) is 108 Å². The van der Waals surface area contributed by atoms with Crippen molar-refractivity contribution in [3.63, 3.8) is 0 Å². The van der Waals surface area contributed by atoms with E-state index in [9.17, 15) is 13.2 Å². The Morgan fingerprint density at radius 2 is 1.90 bits per heavy atom. The van der Waals surface area contributed by atoms with E-state index in [1.54, 1.807) is 26.2 Å². The van der Waals surface area contributed by atoms with Crippen LogP contribution in [0.15, 0.2) is 29.2 Å². The number of amides is 1. The number of methoxy groups -OCH3 is 1. The van der Waals surface area contributed by atoms with E-state index >= 15 is 0 Å². The van der Waals surface area contributed by atoms with Crippen LogP contribution in [0.25, 0.3) is 0 Å². The summed E-state index contributed by atoms with van der Waals surface area (Å²) in [6.07, 6.45) is 0. The normalized spacial score (nSPS) is 12.9. The third-order valence-corrected chi connectivity index (χ3v) is 3.68. The third-order valence-electron chi connectivity index (χ3n) is 2.75. The molecule has 0 aromatic heterocycles. The Kier molecular flexibility index (Phi) is 6.76. The van der Waals surface area contributed by atoms with Crippen LogP contribution in [0.3, 0.4) is 0 Å². The Labute approximate surface area is 124 Å². The second-order valence-corrected chi connectivity index (χ2v) is 6.01. The lowest BCUT2D eigenvalue weighted by Crippen LogP contribution is -2.30. The first kappa shape index (κ1) is 17.6. The molecule has 0 aliphatic rings. The van der Waals surface area contributed by atoms with Crippen molar-refractivity contribution in [2.45, 2.75) is 17.9 Å². The molecular weight excluding hydrogens is 296 g/mol. The van der Waals surface area contributed by atoms with Gasteiger partial charge in [0.2, 0.25) is 15.9 Å². The number of carbonyl (C=O) groups is 1. The summed E-state index contributed by atoms with van der Waals surface area (Å²) in [6, 6.07) is 5.76. The van der Waals surface area contributed by atoms with Gasteiger partial charge in [-0.2, -0.15) is 0 Å². The number of nitrogens with two attached hydrogens (primary N) is 1. The molecule has 7 nitrogen and oxygen atoms in total. The minimum absolute atomic E-state index is 0.0349. The highest BCUT2D eigenvalue weighted by molar-refractivity contribution is 7.89. The highest BCUT2D eigenvalue weighted by Gasteiger charge is 2.12. The van der Waals surface area contributed by atoms with E-state index in [2.05, 4.69) is 5.32 Å². The first-order valence-corrected chi connectivity index (χ1v) is 7.88. The summed E-state index contributed by atoms with van der Waals surface area (Å²) in [5, 5.41) is 7.76. The van der Waals surface area contributed by atoms with E-state index in [0.717, 1.165) is 5.56 Å². The van der Waals surface area contributed by atoms with Crippen LogP contribution in [0.2, 0.25) is 0 Å². The molecule has 1 unspecified atom stereocenters. The van der Waals surface area contributed by atoms with Gasteiger partial charge in [-0.1, -0.05) is 12.1 Å². The zero-order valence-electron chi connectivity index (χ0n) is 12.0. The summed E-state index contributed by atoms with van der Waals surface area (Å²) in [5.41, 5.74) is 0.771. The Bertz CT molecular complexity index is 556. The van der Waals surface area contributed by atoms with E-state index < -0.39 is 10.0 Å². The lowest BCUT2D eigenvalue weighted by molar-refractivity contribution is -0.126. The molecule has 1 rings (SSSR count). The number of hydrogen-bond acceptors (Lipinski definition) is 5. The smallest absolute Gasteiger partial charge is 0.246 e. The number of sulfonamides is 1. The van der Waals surface area contributed by atoms with Crippen LogP contribution < -0.4 is 10.5 Å². The van der Waals surface area contributed by atoms with E-state index in [-0.39, 0.29) is 23.5 Å². The molecule has 0 spiro atoms. The first-order chi connectivity index (χ1) is 9.84. The van der Waals surface area contributed by atoms with Crippen LogP contribution >= 0.6 is 0 Å². The maximum Gasteiger partial charge on any atom is 0.246 e. The van der Waals surface area contributed by atoms with Crippen molar-refractivity contribution in [1.29, 1.82) is 0 Å². The van der Waals surface area contributed by atoms with Gasteiger partial charge >= 0.3 is 0 Å². The van der Waals surface area contributed by atoms with Crippen LogP contribution in [0.1, 0.15) is 18.5 Å². The number of benzene rings is 1. The monoisotopic (exact) mass is 316 g/mol. The van der Waals surface area contributed by atoms with Gasteiger partial charge in [0.25, 0.3) is 0 Å². The van der Waals surface area contributed by atoms with Crippen molar-refractivity contribution in [2.75, 3.05) is 26.9 Å². The van der Waals surface area contributed by atoms with Crippen molar-refractivity contribution in [3.8, 4) is 0 Å². The lowest BCUT2D eigenvalue weighted by atomic mass is 10.1. The largest absolute Gasteiger partial charge is 0.382 e. The molecule has 0 aliphatic heterocycles. The fourth-order valence-corrected chi connectivity index (χ4v) is 2.14. The molecule has 8 heteroatoms. The number of ether oxygens (including phenoxy) is 2. The Hall–Kier alpha value is -1.48. The molecule has 1 aromatic rings. The van der Waals surface area contributed by atoms with Gasteiger partial charge in [-0.15, -0.1) is 0 Å². The molecule has 0 aliphatic carbocycles. The number of rotatable bonds is 8. The summed E-state index contributed by atoms with van der Waals surface area (Å²) in [5.74, 6) is -0.255. The van der Waals surface area contributed by atoms with Crippen LogP contribution in [-0.4, -0.2) is 41.3 Å². The second-order valence-electron chi connectivity index (χ2n) is 4.45. The molecule has 21 heavy (non-hydrogen) atoms. The average molecular weight is 316 g/mol. The number of primary sulfonamides is 1. The fraction of sp³-hybridized carbons (Fsp3) is 0.462. The standard InChI is InChI=1S/C13H20N2O5S/c1-10(15-13(16)9-20-8-7-19-2)11-3-5-12(6-4-11)21(14,17)18/h3-6,10H,7-9H2,1-2H3,(H,15,16)(H2,14,17,18). The van der Waals surface area contributed by atoms with Crippen molar-refractivity contribution in [2.24, 2.45) is 5.14 Å². The van der Waals surface area contributed by atoms with Gasteiger partial charge in [0.05, 0.1) is 24.2 Å². The molecule has 0 saturated carbocycles. The minimum Gasteiger partial charge on any atom is -0.382 e. The van der Waals surface area contributed by atoms with E-state index in [1.807, 2.05) is 0 Å². The van der Waals surface area contributed by atoms with E-state index in [4.69, 9.17) is 14.6 Å². The molecule has 118 valence electrons. The van der Waals surface area contributed by atoms with Gasteiger partial charge < -0.3 is 14.8 Å². The summed E-state index contributed by atoms with van der Waals surface area (Å²) in [6.45, 7) is 2.52. The molecule has 1 atom stereocenters. The van der Waals surface area contributed by atoms with Crippen molar-refractivity contribution < 1.29 is 22.7 Å². The molecule has 1 aromatic carbocycles. The van der Waals surface area contributed by atoms with Crippen molar-refractivity contribution in [1.82, 2.24) is 5.32 Å². The predicted molar refractivity (Wildman–Crippen MR) is 77.1 cm³/mol. The summed E-state index contributed by atoms with van der Waals surface area (Å²) in [4.78, 5) is 11.7. The zero-order chi connectivity index (χ0) is 15.9. The maximum absolute atomic E-state index is 11.6. The summed E-state index contributed by atoms with van der Waals surface area (Å²) >= 11 is 0. The highest BCUT2D eigenvalue weighted by atomic mass is 32.2. The van der Waals surface area contributed by atoms with E-state index in [0.29, 0.717) is 13.2 Å². The highest BCUT2D eigenvalue weighted by Crippen LogP contribution is 2.15. The van der Waals surface area contributed by atoms with Crippen molar-refractivity contribution in [3.05, 3.63) is 29.8 Å². The van der Waals surface area contributed by atoms with E-state index in [1.165, 1.54) is 12.1 Å². The predicted octanol–water partition coefficient (Wildman–Crippen LogP) is 0.174. The van der Waals surface area contributed by atoms with Gasteiger partial charge in [0, 0.05) is 7.11 Å². The molecule has 0 fully saturated rings. The van der Waals surface area contributed by atoms with Crippen LogP contribution in [0.5, 0.6) is 0 Å². The number of carbonyl (C=O) groups excluding carboxylic acids is 1. The van der Waals surface area contributed by atoms with Gasteiger partial charge in [-0.3, -0.25) is 4.79 Å². The van der Waals surface area contributed by atoms with Gasteiger partial charge in [0.15, 0.2) is 0 Å². The Morgan fingerprint density at radius 1 is 1.29 bits per heavy atom. The molecule has 0 radical (unpaired) electrons. The Morgan fingerprint density at radius 3 is 2.43 bits per heavy atom. The summed E-state index contributed by atoms with van der Waals surface area (Å²) in [7, 11) is -2.15. The molecule has 0 bridgehead atoms. The summed E-state index contributed by atoms with van der Waals surface area (Å²) < 4.78 is 32.2. The van der Waals surface area contributed by atoms with Crippen molar-refractivity contribution >= 4 is 15.9 Å². The van der Waals surface area contributed by atoms with Crippen LogP contribution in [-0.2, 0) is 24.3 Å². The van der Waals surface area contributed by atoms with Crippen LogP contribution in [0.4, 0.5) is 0 Å². The quantitative estimate of drug-likeness (QED) is 0.665.